The molecule has 1 amide bonds. The molecule has 0 aromatic rings. The molecule has 1 saturated heterocycles. The van der Waals surface area contributed by atoms with Gasteiger partial charge in [-0.3, -0.25) is 4.79 Å². The second kappa shape index (κ2) is 10.1. The lowest BCUT2D eigenvalue weighted by Crippen LogP contribution is -2.42. The first kappa shape index (κ1) is 21.0. The largest absolute Gasteiger partial charge is 0.508 e. The van der Waals surface area contributed by atoms with Crippen molar-refractivity contribution in [1.82, 2.24) is 5.32 Å². The minimum absolute atomic E-state index is 0.159. The maximum Gasteiger partial charge on any atom is 0.508 e. The number of aliphatic imine (C=N–C) groups is 1. The number of aliphatic hydroxyl groups is 2. The van der Waals surface area contributed by atoms with Gasteiger partial charge in [-0.05, 0) is 31.0 Å². The van der Waals surface area contributed by atoms with E-state index >= 15 is 0 Å². The van der Waals surface area contributed by atoms with Crippen molar-refractivity contribution in [2.45, 2.75) is 44.5 Å². The third kappa shape index (κ3) is 7.60. The maximum absolute atomic E-state index is 11.7. The van der Waals surface area contributed by atoms with Gasteiger partial charge in [-0.1, -0.05) is 0 Å². The minimum Gasteiger partial charge on any atom is -0.432 e. The molecule has 1 aliphatic rings. The van der Waals surface area contributed by atoms with E-state index in [1.165, 1.54) is 11.6 Å². The van der Waals surface area contributed by atoms with Gasteiger partial charge in [0.15, 0.2) is 12.2 Å². The number of amides is 1. The zero-order valence-corrected chi connectivity index (χ0v) is 14.5. The van der Waals surface area contributed by atoms with Crippen molar-refractivity contribution < 1.29 is 34.0 Å². The van der Waals surface area contributed by atoms with Crippen LogP contribution in [0, 0.1) is 0 Å². The van der Waals surface area contributed by atoms with Crippen LogP contribution in [0.3, 0.4) is 0 Å². The predicted molar refractivity (Wildman–Crippen MR) is 89.3 cm³/mol. The van der Waals surface area contributed by atoms with Gasteiger partial charge in [0.2, 0.25) is 0 Å². The predicted octanol–water partition coefficient (Wildman–Crippen LogP) is -0.818. The Balaban J connectivity index is 2.44. The molecule has 1 heterocycles. The molecule has 11 nitrogen and oxygen atoms in total. The summed E-state index contributed by atoms with van der Waals surface area (Å²) in [6.07, 6.45) is -4.97. The molecule has 0 aliphatic carbocycles. The second-order valence-electron chi connectivity index (χ2n) is 5.19. The highest BCUT2D eigenvalue weighted by atomic mass is 32.2. The number of nitrogens with two attached hydrogens (primary N) is 2. The summed E-state index contributed by atoms with van der Waals surface area (Å²) in [6.45, 7) is 2.96. The van der Waals surface area contributed by atoms with Crippen LogP contribution in [-0.4, -0.2) is 64.8 Å². The van der Waals surface area contributed by atoms with E-state index in [1.54, 1.807) is 13.8 Å². The normalized spacial score (nSPS) is 25.8. The summed E-state index contributed by atoms with van der Waals surface area (Å²) in [5.41, 5.74) is 10.2. The summed E-state index contributed by atoms with van der Waals surface area (Å²) in [6, 6.07) is 0. The summed E-state index contributed by atoms with van der Waals surface area (Å²) in [5.74, 6) is -0.159. The van der Waals surface area contributed by atoms with Crippen LogP contribution in [0.25, 0.3) is 0 Å². The van der Waals surface area contributed by atoms with E-state index in [2.05, 4.69) is 10.3 Å². The summed E-state index contributed by atoms with van der Waals surface area (Å²) in [7, 11) is 0. The number of hydrogen-bond acceptors (Lipinski definition) is 9. The molecule has 1 aliphatic heterocycles. The lowest BCUT2D eigenvalue weighted by atomic mass is 10.1. The summed E-state index contributed by atoms with van der Waals surface area (Å²) >= 11 is 0.708. The topological polar surface area (TPSA) is 179 Å². The molecule has 0 spiro atoms. The molecular weight excluding hydrogens is 356 g/mol. The van der Waals surface area contributed by atoms with Gasteiger partial charge in [0, 0.05) is 6.20 Å². The van der Waals surface area contributed by atoms with Crippen molar-refractivity contribution in [3.8, 4) is 0 Å². The van der Waals surface area contributed by atoms with E-state index in [1.807, 2.05) is 0 Å². The number of hydrogen-bond donors (Lipinski definition) is 5. The number of carbonyl (C=O) groups is 2. The van der Waals surface area contributed by atoms with Crippen molar-refractivity contribution in [2.24, 2.45) is 16.5 Å². The Labute approximate surface area is 148 Å². The fourth-order valence-corrected chi connectivity index (χ4v) is 2.17. The molecular formula is C13H22N4O7S. The Morgan fingerprint density at radius 3 is 2.64 bits per heavy atom. The average molecular weight is 378 g/mol. The lowest BCUT2D eigenvalue weighted by Gasteiger charge is -2.15. The molecule has 7 N–H and O–H groups in total. The third-order valence-electron chi connectivity index (χ3n) is 2.78. The highest BCUT2D eigenvalue weighted by Gasteiger charge is 2.44. The number of nitrogens with one attached hydrogen (secondary N) is 1. The van der Waals surface area contributed by atoms with Gasteiger partial charge in [-0.15, -0.1) is 0 Å². The monoisotopic (exact) mass is 378 g/mol. The van der Waals surface area contributed by atoms with Gasteiger partial charge in [-0.25, -0.2) is 9.79 Å². The van der Waals surface area contributed by atoms with E-state index in [4.69, 9.17) is 25.7 Å². The molecule has 0 radical (unpaired) electrons. The van der Waals surface area contributed by atoms with Gasteiger partial charge in [-0.2, -0.15) is 0 Å². The highest BCUT2D eigenvalue weighted by molar-refractivity contribution is 8.16. The third-order valence-corrected chi connectivity index (χ3v) is 3.37. The summed E-state index contributed by atoms with van der Waals surface area (Å²) < 4.78 is 14.8. The van der Waals surface area contributed by atoms with E-state index in [-0.39, 0.29) is 18.7 Å². The fraction of sp³-hybridized carbons (Fsp3) is 0.615. The standard InChI is InChI=1S/C13H22N4O7S/c1-6(2)23-13(21)22-5-7-8(18)9(19)10(24-7)17-12(20)25-4-3-16-11(14)15/h3-4,6-10,18-19H,5H2,1-2H3,(H,17,20)(H4,14,15,16)/b4-3+/t7-,8-,9-,10-/m1/s1. The first-order valence-electron chi connectivity index (χ1n) is 7.26. The highest BCUT2D eigenvalue weighted by Crippen LogP contribution is 2.21. The summed E-state index contributed by atoms with van der Waals surface area (Å²) in [4.78, 5) is 26.5. The molecule has 1 rings (SSSR count). The Morgan fingerprint density at radius 1 is 1.36 bits per heavy atom. The molecule has 142 valence electrons. The Kier molecular flexibility index (Phi) is 8.48. The van der Waals surface area contributed by atoms with Gasteiger partial charge < -0.3 is 41.2 Å². The zero-order valence-electron chi connectivity index (χ0n) is 13.7. The molecule has 0 aromatic carbocycles. The van der Waals surface area contributed by atoms with E-state index < -0.39 is 35.9 Å². The number of rotatable bonds is 6. The van der Waals surface area contributed by atoms with E-state index in [0.29, 0.717) is 11.8 Å². The minimum atomic E-state index is -1.39. The van der Waals surface area contributed by atoms with Crippen molar-refractivity contribution in [3.05, 3.63) is 11.6 Å². The van der Waals surface area contributed by atoms with Crippen LogP contribution in [-0.2, 0) is 14.2 Å². The van der Waals surface area contributed by atoms with Gasteiger partial charge >= 0.3 is 6.16 Å². The Bertz CT molecular complexity index is 525. The van der Waals surface area contributed by atoms with Crippen molar-refractivity contribution in [2.75, 3.05) is 6.61 Å². The average Bonchev–Trinajstić information content (AvgIpc) is 2.77. The summed E-state index contributed by atoms with van der Waals surface area (Å²) in [5, 5.41) is 22.9. The van der Waals surface area contributed by atoms with Crippen LogP contribution in [0.4, 0.5) is 9.59 Å². The number of thioether (sulfide) groups is 1. The van der Waals surface area contributed by atoms with Crippen molar-refractivity contribution >= 4 is 29.1 Å². The Morgan fingerprint density at radius 2 is 2.04 bits per heavy atom. The van der Waals surface area contributed by atoms with Crippen molar-refractivity contribution in [3.63, 3.8) is 0 Å². The molecule has 12 heteroatoms. The molecule has 0 aromatic heterocycles. The van der Waals surface area contributed by atoms with Crippen LogP contribution < -0.4 is 16.8 Å². The van der Waals surface area contributed by atoms with Crippen LogP contribution in [0.15, 0.2) is 16.6 Å². The Hall–Kier alpha value is -2.02. The van der Waals surface area contributed by atoms with Gasteiger partial charge in [0.25, 0.3) is 5.24 Å². The molecule has 0 saturated carbocycles. The van der Waals surface area contributed by atoms with E-state index in [0.717, 1.165) is 0 Å². The lowest BCUT2D eigenvalue weighted by molar-refractivity contribution is -0.0478. The molecule has 25 heavy (non-hydrogen) atoms. The number of ether oxygens (including phenoxy) is 3. The fourth-order valence-electron chi connectivity index (χ4n) is 1.74. The van der Waals surface area contributed by atoms with Crippen molar-refractivity contribution in [1.29, 1.82) is 0 Å². The molecule has 4 atom stereocenters. The molecule has 0 unspecified atom stereocenters. The quantitative estimate of drug-likeness (QED) is 0.223. The second-order valence-corrected chi connectivity index (χ2v) is 6.07. The number of guanidine groups is 1. The number of nitrogens with zero attached hydrogens (tertiary/aromatic N) is 1. The SMILES string of the molecule is CC(C)OC(=O)OC[C@H]1O[C@@H](NC(=O)S/C=C/N=C(N)N)[C@H](O)[C@@H]1O. The number of aliphatic hydroxyl groups excluding tert-OH is 2. The molecule has 0 bridgehead atoms. The maximum atomic E-state index is 11.7. The van der Waals surface area contributed by atoms with Crippen LogP contribution in [0.1, 0.15) is 13.8 Å². The first-order valence-corrected chi connectivity index (χ1v) is 8.14. The van der Waals surface area contributed by atoms with Crippen LogP contribution in [0.2, 0.25) is 0 Å². The first-order chi connectivity index (χ1) is 11.7. The van der Waals surface area contributed by atoms with Crippen LogP contribution in [0.5, 0.6) is 0 Å². The van der Waals surface area contributed by atoms with Crippen LogP contribution >= 0.6 is 11.8 Å². The van der Waals surface area contributed by atoms with E-state index in [9.17, 15) is 19.8 Å². The molecule has 1 fully saturated rings. The zero-order chi connectivity index (χ0) is 19.0. The van der Waals surface area contributed by atoms with Gasteiger partial charge in [0.1, 0.15) is 24.9 Å². The smallest absolute Gasteiger partial charge is 0.432 e. The van der Waals surface area contributed by atoms with Gasteiger partial charge in [0.05, 0.1) is 6.10 Å². The number of carbonyl (C=O) groups excluding carboxylic acids is 2.